The fraction of sp³-hybridized carbons (Fsp3) is 0.562. The van der Waals surface area contributed by atoms with Gasteiger partial charge in [0.2, 0.25) is 0 Å². The minimum Gasteiger partial charge on any atom is -0.480 e. The van der Waals surface area contributed by atoms with Crippen LogP contribution in [0.25, 0.3) is 0 Å². The van der Waals surface area contributed by atoms with Crippen LogP contribution in [0.4, 0.5) is 0 Å². The summed E-state index contributed by atoms with van der Waals surface area (Å²) in [7, 11) is 0. The lowest BCUT2D eigenvalue weighted by Gasteiger charge is -2.32. The van der Waals surface area contributed by atoms with Crippen LogP contribution in [0.2, 0.25) is 0 Å². The van der Waals surface area contributed by atoms with Crippen molar-refractivity contribution in [3.05, 3.63) is 22.5 Å². The molecule has 1 aliphatic rings. The van der Waals surface area contributed by atoms with E-state index in [0.29, 0.717) is 41.9 Å². The van der Waals surface area contributed by atoms with Crippen LogP contribution in [0.5, 0.6) is 0 Å². The van der Waals surface area contributed by atoms with Crippen molar-refractivity contribution >= 4 is 17.7 Å². The van der Waals surface area contributed by atoms with E-state index in [2.05, 4.69) is 4.98 Å². The van der Waals surface area contributed by atoms with Crippen molar-refractivity contribution in [2.24, 2.45) is 0 Å². The molecule has 2 heterocycles. The molecule has 0 aromatic carbocycles. The number of aryl methyl sites for hydroxylation is 1. The molecule has 2 rings (SSSR count). The Morgan fingerprint density at radius 3 is 2.55 bits per heavy atom. The topological polar surface area (TPSA) is 90.5 Å². The number of ketones is 1. The van der Waals surface area contributed by atoms with Crippen molar-refractivity contribution in [3.8, 4) is 0 Å². The summed E-state index contributed by atoms with van der Waals surface area (Å²) >= 11 is 0. The number of hydrogen-bond acceptors (Lipinski definition) is 3. The summed E-state index contributed by atoms with van der Waals surface area (Å²) in [4.78, 5) is 40.4. The molecule has 0 saturated carbocycles. The van der Waals surface area contributed by atoms with Gasteiger partial charge in [-0.05, 0) is 45.1 Å². The van der Waals surface area contributed by atoms with Crippen LogP contribution in [0, 0.1) is 6.92 Å². The van der Waals surface area contributed by atoms with E-state index >= 15 is 0 Å². The predicted octanol–water partition coefficient (Wildman–Crippen LogP) is 2.17. The molecule has 0 bridgehead atoms. The van der Waals surface area contributed by atoms with E-state index in [0.717, 1.165) is 12.8 Å². The molecule has 6 nitrogen and oxygen atoms in total. The van der Waals surface area contributed by atoms with Crippen molar-refractivity contribution in [2.75, 3.05) is 6.54 Å². The van der Waals surface area contributed by atoms with Gasteiger partial charge in [-0.1, -0.05) is 6.92 Å². The lowest BCUT2D eigenvalue weighted by molar-refractivity contribution is -0.143. The van der Waals surface area contributed by atoms with Gasteiger partial charge in [0.05, 0.1) is 0 Å². The van der Waals surface area contributed by atoms with E-state index in [4.69, 9.17) is 0 Å². The molecule has 0 aliphatic carbocycles. The fourth-order valence-corrected chi connectivity index (χ4v) is 3.26. The first-order valence-electron chi connectivity index (χ1n) is 7.64. The van der Waals surface area contributed by atoms with Crippen molar-refractivity contribution in [2.45, 2.75) is 52.5 Å². The van der Waals surface area contributed by atoms with Crippen molar-refractivity contribution in [1.82, 2.24) is 9.88 Å². The molecule has 1 aromatic heterocycles. The highest BCUT2D eigenvalue weighted by Gasteiger charge is 2.34. The van der Waals surface area contributed by atoms with Gasteiger partial charge in [-0.25, -0.2) is 4.79 Å². The average Bonchev–Trinajstić information content (AvgIpc) is 2.83. The van der Waals surface area contributed by atoms with E-state index in [9.17, 15) is 19.5 Å². The first kappa shape index (κ1) is 16.3. The Kier molecular flexibility index (Phi) is 4.68. The minimum absolute atomic E-state index is 0.0851. The number of carbonyl (C=O) groups excluding carboxylic acids is 2. The highest BCUT2D eigenvalue weighted by atomic mass is 16.4. The quantitative estimate of drug-likeness (QED) is 0.834. The van der Waals surface area contributed by atoms with Gasteiger partial charge in [-0.3, -0.25) is 9.59 Å². The fourth-order valence-electron chi connectivity index (χ4n) is 3.26. The highest BCUT2D eigenvalue weighted by molar-refractivity contribution is 6.03. The standard InChI is InChI=1S/C16H22N2O4/c1-4-11-13(10(3)19)9(2)17-14(11)15(20)18-8-6-5-7-12(18)16(21)22/h12,17H,4-8H2,1-3H3,(H,21,22)/t12-/m1/s1. The van der Waals surface area contributed by atoms with Gasteiger partial charge < -0.3 is 15.0 Å². The van der Waals surface area contributed by atoms with Gasteiger partial charge in [0.15, 0.2) is 5.78 Å². The number of hydrogen-bond donors (Lipinski definition) is 2. The van der Waals surface area contributed by atoms with Gasteiger partial charge >= 0.3 is 5.97 Å². The lowest BCUT2D eigenvalue weighted by atomic mass is 9.99. The number of nitrogens with zero attached hydrogens (tertiary/aromatic N) is 1. The van der Waals surface area contributed by atoms with Crippen molar-refractivity contribution in [3.63, 3.8) is 0 Å². The Morgan fingerprint density at radius 1 is 1.32 bits per heavy atom. The number of Topliss-reactive ketones (excluding diaryl/α,β-unsaturated/α-hetero) is 1. The van der Waals surface area contributed by atoms with Crippen LogP contribution < -0.4 is 0 Å². The molecule has 2 N–H and O–H groups in total. The zero-order valence-electron chi connectivity index (χ0n) is 13.2. The van der Waals surface area contributed by atoms with Crippen LogP contribution in [0.1, 0.15) is 65.2 Å². The summed E-state index contributed by atoms with van der Waals surface area (Å²) in [6, 6.07) is -0.782. The maximum absolute atomic E-state index is 12.8. The number of carboxylic acid groups (broad SMARTS) is 1. The number of carboxylic acids is 1. The van der Waals surface area contributed by atoms with Crippen LogP contribution in [-0.4, -0.2) is 45.2 Å². The Labute approximate surface area is 129 Å². The van der Waals surface area contributed by atoms with E-state index in [1.165, 1.54) is 11.8 Å². The highest BCUT2D eigenvalue weighted by Crippen LogP contribution is 2.25. The van der Waals surface area contributed by atoms with Crippen molar-refractivity contribution in [1.29, 1.82) is 0 Å². The van der Waals surface area contributed by atoms with E-state index < -0.39 is 12.0 Å². The number of nitrogens with one attached hydrogen (secondary N) is 1. The number of piperidine rings is 1. The molecule has 1 aliphatic heterocycles. The molecule has 120 valence electrons. The lowest BCUT2D eigenvalue weighted by Crippen LogP contribution is -2.48. The first-order chi connectivity index (χ1) is 10.4. The molecule has 22 heavy (non-hydrogen) atoms. The van der Waals surface area contributed by atoms with Gasteiger partial charge in [-0.2, -0.15) is 0 Å². The number of likely N-dealkylation sites (tertiary alicyclic amines) is 1. The van der Waals surface area contributed by atoms with E-state index in [-0.39, 0.29) is 11.7 Å². The van der Waals surface area contributed by atoms with Crippen LogP contribution in [0.15, 0.2) is 0 Å². The van der Waals surface area contributed by atoms with Crippen LogP contribution >= 0.6 is 0 Å². The van der Waals surface area contributed by atoms with Crippen LogP contribution in [0.3, 0.4) is 0 Å². The second kappa shape index (κ2) is 6.34. The third-order valence-electron chi connectivity index (χ3n) is 4.26. The Bertz CT molecular complexity index is 618. The molecule has 0 radical (unpaired) electrons. The average molecular weight is 306 g/mol. The molecular formula is C16H22N2O4. The molecule has 1 aromatic rings. The number of carbonyl (C=O) groups is 3. The summed E-state index contributed by atoms with van der Waals surface area (Å²) in [6.07, 6.45) is 2.63. The molecule has 1 saturated heterocycles. The molecule has 1 fully saturated rings. The zero-order valence-corrected chi connectivity index (χ0v) is 13.2. The normalized spacial score (nSPS) is 18.3. The SMILES string of the molecule is CCc1c(C(=O)N2CCCC[C@@H]2C(=O)O)[nH]c(C)c1C(C)=O. The zero-order chi connectivity index (χ0) is 16.4. The molecule has 1 amide bonds. The largest absolute Gasteiger partial charge is 0.480 e. The number of rotatable bonds is 4. The number of amides is 1. The van der Waals surface area contributed by atoms with Crippen LogP contribution in [-0.2, 0) is 11.2 Å². The van der Waals surface area contributed by atoms with Gasteiger partial charge in [-0.15, -0.1) is 0 Å². The summed E-state index contributed by atoms with van der Waals surface area (Å²) in [5.41, 5.74) is 2.26. The molecule has 6 heteroatoms. The molecule has 0 spiro atoms. The van der Waals surface area contributed by atoms with E-state index in [1.54, 1.807) is 6.92 Å². The summed E-state index contributed by atoms with van der Waals surface area (Å²) in [5, 5.41) is 9.32. The smallest absolute Gasteiger partial charge is 0.326 e. The Morgan fingerprint density at radius 2 is 2.00 bits per heavy atom. The summed E-state index contributed by atoms with van der Waals surface area (Å²) in [5.74, 6) is -1.38. The second-order valence-corrected chi connectivity index (χ2v) is 5.74. The Hall–Kier alpha value is -2.11. The minimum atomic E-state index is -0.971. The number of aromatic nitrogens is 1. The summed E-state index contributed by atoms with van der Waals surface area (Å²) < 4.78 is 0. The summed E-state index contributed by atoms with van der Waals surface area (Å²) in [6.45, 7) is 5.56. The maximum atomic E-state index is 12.8. The second-order valence-electron chi connectivity index (χ2n) is 5.74. The predicted molar refractivity (Wildman–Crippen MR) is 81.2 cm³/mol. The van der Waals surface area contributed by atoms with Gasteiger partial charge in [0, 0.05) is 17.8 Å². The van der Waals surface area contributed by atoms with E-state index in [1.807, 2.05) is 6.92 Å². The third kappa shape index (κ3) is 2.77. The number of aliphatic carboxylic acids is 1. The molecule has 0 unspecified atom stereocenters. The third-order valence-corrected chi connectivity index (χ3v) is 4.26. The monoisotopic (exact) mass is 306 g/mol. The molecule has 1 atom stereocenters. The maximum Gasteiger partial charge on any atom is 0.326 e. The number of H-pyrrole nitrogens is 1. The Balaban J connectivity index is 2.42. The first-order valence-corrected chi connectivity index (χ1v) is 7.64. The van der Waals surface area contributed by atoms with Gasteiger partial charge in [0.25, 0.3) is 5.91 Å². The van der Waals surface area contributed by atoms with Crippen molar-refractivity contribution < 1.29 is 19.5 Å². The molecular weight excluding hydrogens is 284 g/mol. The van der Waals surface area contributed by atoms with Gasteiger partial charge in [0.1, 0.15) is 11.7 Å². The number of aromatic amines is 1.